The van der Waals surface area contributed by atoms with Crippen LogP contribution in [0.5, 0.6) is 0 Å². The predicted octanol–water partition coefficient (Wildman–Crippen LogP) is 6.34. The fraction of sp³-hybridized carbons (Fsp3) is 0.333. The maximum atomic E-state index is 13.0. The lowest BCUT2D eigenvalue weighted by Gasteiger charge is -2.27. The minimum Gasteiger partial charge on any atom is -0.481 e. The Balaban J connectivity index is 1.63. The number of aryl methyl sites for hydroxylation is 2. The van der Waals surface area contributed by atoms with Crippen molar-refractivity contribution >= 4 is 55.1 Å². The standard InChI is InChI=1S/C39H45N3O10S2/c1-27-24-31(26-42-38(45)33-14-7-8-15-34(33)39(42)46)17-19-35(27)41(22-11-23-53(47,48)49)30(4)13-10-12-29(3)40(21-9-5-6-16-37(43)44)36-20-18-32(25-28(36)2)54(50,51)52/h7-8,10,12-15,17-20,24-25H,5-6,9,11,16,21-23,26H2,1-4H3,(H2-,43,44,47,48,49,50,51,52)/p+1. The van der Waals surface area contributed by atoms with Crippen LogP contribution in [0.2, 0.25) is 0 Å². The van der Waals surface area contributed by atoms with Crippen LogP contribution in [0.1, 0.15) is 83.4 Å². The fourth-order valence-corrected chi connectivity index (χ4v) is 7.44. The van der Waals surface area contributed by atoms with Gasteiger partial charge in [0, 0.05) is 55.4 Å². The van der Waals surface area contributed by atoms with Crippen molar-refractivity contribution < 1.29 is 50.0 Å². The first-order chi connectivity index (χ1) is 25.4. The number of anilines is 1. The highest BCUT2D eigenvalue weighted by molar-refractivity contribution is 7.86. The third kappa shape index (κ3) is 11.0. The van der Waals surface area contributed by atoms with Crippen molar-refractivity contribution in [2.45, 2.75) is 71.2 Å². The zero-order chi connectivity index (χ0) is 39.8. The third-order valence-corrected chi connectivity index (χ3v) is 10.8. The van der Waals surface area contributed by atoms with E-state index in [9.17, 15) is 40.3 Å². The summed E-state index contributed by atoms with van der Waals surface area (Å²) in [6, 6.07) is 16.6. The number of fused-ring (bicyclic) bond motifs is 1. The number of amides is 2. The zero-order valence-corrected chi connectivity index (χ0v) is 32.4. The lowest BCUT2D eigenvalue weighted by molar-refractivity contribution is -0.440. The van der Waals surface area contributed by atoms with E-state index in [4.69, 9.17) is 5.11 Å². The minimum atomic E-state index is -4.40. The van der Waals surface area contributed by atoms with Gasteiger partial charge in [-0.2, -0.15) is 21.4 Å². The van der Waals surface area contributed by atoms with Crippen LogP contribution in [0, 0.1) is 13.8 Å². The maximum absolute atomic E-state index is 13.0. The predicted molar refractivity (Wildman–Crippen MR) is 206 cm³/mol. The number of carbonyl (C=O) groups excluding carboxylic acids is 2. The molecule has 54 heavy (non-hydrogen) atoms. The molecule has 2 amide bonds. The van der Waals surface area contributed by atoms with Crippen LogP contribution in [0.4, 0.5) is 11.4 Å². The summed E-state index contributed by atoms with van der Waals surface area (Å²) in [6.45, 7) is 8.20. The van der Waals surface area contributed by atoms with Gasteiger partial charge in [-0.05, 0) is 87.2 Å². The van der Waals surface area contributed by atoms with Gasteiger partial charge >= 0.3 is 5.97 Å². The number of carboxylic acids is 1. The Kier molecular flexibility index (Phi) is 13.9. The Bertz CT molecular complexity index is 2210. The lowest BCUT2D eigenvalue weighted by Crippen LogP contribution is -2.29. The molecule has 3 aromatic rings. The number of carbonyl (C=O) groups is 3. The number of unbranched alkanes of at least 4 members (excludes halogenated alkanes) is 2. The topological polar surface area (TPSA) is 190 Å². The van der Waals surface area contributed by atoms with Gasteiger partial charge in [0.15, 0.2) is 5.71 Å². The number of aliphatic carboxylic acids is 1. The van der Waals surface area contributed by atoms with Crippen molar-refractivity contribution in [1.82, 2.24) is 4.90 Å². The highest BCUT2D eigenvalue weighted by Gasteiger charge is 2.35. The molecule has 1 aliphatic rings. The summed E-state index contributed by atoms with van der Waals surface area (Å²) in [5.74, 6) is -2.02. The average Bonchev–Trinajstić information content (AvgIpc) is 3.32. The van der Waals surface area contributed by atoms with E-state index in [0.29, 0.717) is 48.2 Å². The molecule has 15 heteroatoms. The Labute approximate surface area is 316 Å². The molecule has 13 nitrogen and oxygen atoms in total. The summed E-state index contributed by atoms with van der Waals surface area (Å²) < 4.78 is 67.5. The van der Waals surface area contributed by atoms with Crippen LogP contribution in [0.15, 0.2) is 89.5 Å². The molecule has 3 N–H and O–H groups in total. The minimum absolute atomic E-state index is 0.0598. The molecule has 0 aromatic heterocycles. The van der Waals surface area contributed by atoms with E-state index in [1.54, 1.807) is 37.3 Å². The molecule has 0 saturated carbocycles. The molecule has 3 aromatic carbocycles. The van der Waals surface area contributed by atoms with Crippen molar-refractivity contribution in [2.24, 2.45) is 0 Å². The van der Waals surface area contributed by atoms with Gasteiger partial charge in [-0.15, -0.1) is 0 Å². The smallest absolute Gasteiger partial charge is 0.303 e. The second-order valence-corrected chi connectivity index (χ2v) is 16.2. The lowest BCUT2D eigenvalue weighted by atomic mass is 10.1. The Morgan fingerprint density at radius 2 is 1.52 bits per heavy atom. The van der Waals surface area contributed by atoms with Crippen LogP contribution < -0.4 is 4.90 Å². The summed E-state index contributed by atoms with van der Waals surface area (Å²) in [5, 5.41) is 9.01. The molecule has 0 atom stereocenters. The molecule has 0 fully saturated rings. The maximum Gasteiger partial charge on any atom is 0.303 e. The van der Waals surface area contributed by atoms with Crippen molar-refractivity contribution in [3.8, 4) is 0 Å². The monoisotopic (exact) mass is 780 g/mol. The van der Waals surface area contributed by atoms with Gasteiger partial charge in [-0.25, -0.2) is 0 Å². The van der Waals surface area contributed by atoms with Crippen LogP contribution in [-0.2, 0) is 31.6 Å². The molecule has 0 saturated heterocycles. The van der Waals surface area contributed by atoms with E-state index in [2.05, 4.69) is 0 Å². The largest absolute Gasteiger partial charge is 0.481 e. The Morgan fingerprint density at radius 1 is 0.852 bits per heavy atom. The summed E-state index contributed by atoms with van der Waals surface area (Å²) >= 11 is 0. The first-order valence-corrected chi connectivity index (χ1v) is 20.5. The van der Waals surface area contributed by atoms with Gasteiger partial charge in [0.25, 0.3) is 32.1 Å². The van der Waals surface area contributed by atoms with Gasteiger partial charge in [0.1, 0.15) is 6.54 Å². The molecule has 1 heterocycles. The van der Waals surface area contributed by atoms with Crippen LogP contribution in [0.25, 0.3) is 0 Å². The molecule has 1 aliphatic heterocycles. The number of rotatable bonds is 18. The van der Waals surface area contributed by atoms with Crippen molar-refractivity contribution in [1.29, 1.82) is 0 Å². The number of hydrogen-bond donors (Lipinski definition) is 3. The Morgan fingerprint density at radius 3 is 2.09 bits per heavy atom. The number of hydrogen-bond acceptors (Lipinski definition) is 8. The fourth-order valence-electron chi connectivity index (χ4n) is 6.38. The average molecular weight is 781 g/mol. The van der Waals surface area contributed by atoms with E-state index in [-0.39, 0.29) is 42.6 Å². The first-order valence-electron chi connectivity index (χ1n) is 17.4. The number of imide groups is 1. The molecule has 0 radical (unpaired) electrons. The number of allylic oxidation sites excluding steroid dienone is 4. The first kappa shape index (κ1) is 41.8. The highest BCUT2D eigenvalue weighted by Crippen LogP contribution is 2.29. The van der Waals surface area contributed by atoms with Crippen molar-refractivity contribution in [3.05, 3.63) is 112 Å². The van der Waals surface area contributed by atoms with E-state index in [0.717, 1.165) is 28.2 Å². The quantitative estimate of drug-likeness (QED) is 0.0326. The SMILES string of the molecule is C\C(=C/C=C/C(C)=[N+](\CCCS(=O)(=O)O)c1ccc(CN2C(=O)c3ccccc3C2=O)cc1C)N(CCCCCC(=O)O)c1ccc(S(=O)(=O)O)cc1C. The Hall–Kier alpha value is -4.96. The molecular formula is C39H46N3O10S2+. The van der Waals surface area contributed by atoms with Crippen LogP contribution in [0.3, 0.4) is 0 Å². The second kappa shape index (κ2) is 17.9. The third-order valence-electron chi connectivity index (χ3n) is 9.11. The number of nitrogens with zero attached hydrogens (tertiary/aromatic N) is 3. The van der Waals surface area contributed by atoms with Crippen molar-refractivity contribution in [2.75, 3.05) is 23.7 Å². The molecule has 0 unspecified atom stereocenters. The van der Waals surface area contributed by atoms with Crippen molar-refractivity contribution in [3.63, 3.8) is 0 Å². The van der Waals surface area contributed by atoms with Gasteiger partial charge in [0.2, 0.25) is 5.69 Å². The highest BCUT2D eigenvalue weighted by atomic mass is 32.2. The van der Waals surface area contributed by atoms with Gasteiger partial charge in [-0.1, -0.05) is 30.7 Å². The van der Waals surface area contributed by atoms with E-state index in [1.807, 2.05) is 66.7 Å². The molecule has 0 bridgehead atoms. The molecule has 288 valence electrons. The molecule has 0 spiro atoms. The van der Waals surface area contributed by atoms with E-state index >= 15 is 0 Å². The molecule has 4 rings (SSSR count). The van der Waals surface area contributed by atoms with Gasteiger partial charge in [0.05, 0.1) is 28.3 Å². The molecular weight excluding hydrogens is 735 g/mol. The summed E-state index contributed by atoms with van der Waals surface area (Å²) in [5.41, 5.74) is 5.92. The molecule has 0 aliphatic carbocycles. The summed E-state index contributed by atoms with van der Waals surface area (Å²) in [7, 11) is -8.60. The number of benzene rings is 3. The van der Waals surface area contributed by atoms with E-state index < -0.39 is 32.0 Å². The summed E-state index contributed by atoms with van der Waals surface area (Å²) in [4.78, 5) is 39.9. The van der Waals surface area contributed by atoms with Gasteiger partial charge < -0.3 is 10.0 Å². The zero-order valence-electron chi connectivity index (χ0n) is 30.7. The van der Waals surface area contributed by atoms with E-state index in [1.165, 1.54) is 17.0 Å². The van der Waals surface area contributed by atoms with Crippen LogP contribution >= 0.6 is 0 Å². The summed E-state index contributed by atoms with van der Waals surface area (Å²) in [6.07, 6.45) is 7.57. The normalized spacial score (nSPS) is 14.1. The number of carboxylic acid groups (broad SMARTS) is 1. The van der Waals surface area contributed by atoms with Gasteiger partial charge in [-0.3, -0.25) is 28.4 Å². The van der Waals surface area contributed by atoms with Crippen LogP contribution in [-0.4, -0.2) is 82.9 Å². The second-order valence-electron chi connectivity index (χ2n) is 13.2.